The van der Waals surface area contributed by atoms with Crippen molar-refractivity contribution in [1.29, 1.82) is 0 Å². The third-order valence-corrected chi connectivity index (χ3v) is 7.94. The van der Waals surface area contributed by atoms with Crippen molar-refractivity contribution in [2.75, 3.05) is 7.11 Å². The van der Waals surface area contributed by atoms with Crippen LogP contribution in [0.1, 0.15) is 15.3 Å². The highest BCUT2D eigenvalue weighted by molar-refractivity contribution is 9.13. The number of fused-ring (bicyclic) bond motifs is 1. The molecule has 0 N–H and O–H groups in total. The van der Waals surface area contributed by atoms with E-state index < -0.39 is 0 Å². The van der Waals surface area contributed by atoms with Crippen molar-refractivity contribution in [1.82, 2.24) is 0 Å². The van der Waals surface area contributed by atoms with E-state index in [0.717, 1.165) is 19.4 Å². The third kappa shape index (κ3) is 2.93. The van der Waals surface area contributed by atoms with Gasteiger partial charge in [0.25, 0.3) is 0 Å². The van der Waals surface area contributed by atoms with E-state index >= 15 is 0 Å². The van der Waals surface area contributed by atoms with Crippen LogP contribution in [0.5, 0.6) is 5.75 Å². The predicted octanol–water partition coefficient (Wildman–Crippen LogP) is 6.92. The number of halogens is 3. The van der Waals surface area contributed by atoms with Gasteiger partial charge in [-0.2, -0.15) is 0 Å². The van der Waals surface area contributed by atoms with E-state index in [1.54, 1.807) is 18.4 Å². The maximum absolute atomic E-state index is 5.46. The van der Waals surface area contributed by atoms with Crippen molar-refractivity contribution in [2.45, 2.75) is 4.83 Å². The monoisotopic (exact) mass is 488 g/mol. The Balaban J connectivity index is 2.16. The summed E-state index contributed by atoms with van der Waals surface area (Å²) in [5.74, 6) is 0.905. The maximum atomic E-state index is 5.46. The lowest BCUT2D eigenvalue weighted by atomic mass is 10.0. The Bertz CT molecular complexity index is 778. The van der Waals surface area contributed by atoms with Gasteiger partial charge in [0.05, 0.1) is 15.7 Å². The molecule has 1 aromatic heterocycles. The predicted molar refractivity (Wildman–Crippen MR) is 101 cm³/mol. The number of rotatable bonds is 3. The van der Waals surface area contributed by atoms with Gasteiger partial charge in [-0.3, -0.25) is 0 Å². The fourth-order valence-electron chi connectivity index (χ4n) is 2.34. The smallest absolute Gasteiger partial charge is 0.126 e. The standard InChI is InChI=1S/C16H11Br3OS/c1-20-13-7-6-11(9-4-2-3-5-10(9)13)15(18)14-8-12(17)16(19)21-14/h2-8,15H,1H3. The summed E-state index contributed by atoms with van der Waals surface area (Å²) in [5.41, 5.74) is 1.24. The van der Waals surface area contributed by atoms with Crippen molar-refractivity contribution >= 4 is 69.9 Å². The Morgan fingerprint density at radius 2 is 1.76 bits per heavy atom. The summed E-state index contributed by atoms with van der Waals surface area (Å²) >= 11 is 12.7. The molecule has 0 saturated carbocycles. The minimum atomic E-state index is 0.154. The van der Waals surface area contributed by atoms with Gasteiger partial charge >= 0.3 is 0 Å². The van der Waals surface area contributed by atoms with Crippen LogP contribution < -0.4 is 4.74 Å². The molecule has 0 spiro atoms. The Morgan fingerprint density at radius 3 is 2.38 bits per heavy atom. The van der Waals surface area contributed by atoms with Gasteiger partial charge in [-0.15, -0.1) is 11.3 Å². The number of hydrogen-bond donors (Lipinski definition) is 0. The van der Waals surface area contributed by atoms with E-state index in [0.29, 0.717) is 0 Å². The summed E-state index contributed by atoms with van der Waals surface area (Å²) in [6.45, 7) is 0. The summed E-state index contributed by atoms with van der Waals surface area (Å²) in [6.07, 6.45) is 0. The van der Waals surface area contributed by atoms with Gasteiger partial charge in [-0.05, 0) is 54.9 Å². The second-order valence-corrected chi connectivity index (χ2v) is 8.71. The molecule has 0 radical (unpaired) electrons. The largest absolute Gasteiger partial charge is 0.496 e. The summed E-state index contributed by atoms with van der Waals surface area (Å²) in [7, 11) is 1.71. The Hall–Kier alpha value is -0.360. The average Bonchev–Trinajstić information content (AvgIpc) is 2.85. The molecule has 0 aliphatic rings. The molecule has 21 heavy (non-hydrogen) atoms. The number of thiophene rings is 1. The zero-order valence-corrected chi connectivity index (χ0v) is 16.6. The topological polar surface area (TPSA) is 9.23 Å². The number of methoxy groups -OCH3 is 1. The molecule has 5 heteroatoms. The lowest BCUT2D eigenvalue weighted by molar-refractivity contribution is 0.419. The first-order valence-corrected chi connectivity index (χ1v) is 9.58. The minimum Gasteiger partial charge on any atom is -0.496 e. The van der Waals surface area contributed by atoms with Gasteiger partial charge in [0.1, 0.15) is 5.75 Å². The van der Waals surface area contributed by atoms with Crippen LogP contribution in [-0.2, 0) is 0 Å². The Labute approximate surface area is 152 Å². The normalized spacial score (nSPS) is 12.6. The SMILES string of the molecule is COc1ccc(C(Br)c2cc(Br)c(Br)s2)c2ccccc12. The first-order valence-electron chi connectivity index (χ1n) is 6.26. The number of benzene rings is 2. The lowest BCUT2D eigenvalue weighted by Gasteiger charge is -2.14. The van der Waals surface area contributed by atoms with E-state index in [4.69, 9.17) is 4.74 Å². The van der Waals surface area contributed by atoms with Crippen LogP contribution in [0.2, 0.25) is 0 Å². The van der Waals surface area contributed by atoms with Crippen LogP contribution in [0, 0.1) is 0 Å². The molecule has 3 rings (SSSR count). The van der Waals surface area contributed by atoms with E-state index in [-0.39, 0.29) is 4.83 Å². The zero-order chi connectivity index (χ0) is 15.0. The minimum absolute atomic E-state index is 0.154. The molecule has 0 saturated heterocycles. The van der Waals surface area contributed by atoms with Crippen LogP contribution in [0.15, 0.2) is 50.7 Å². The molecule has 0 bridgehead atoms. The van der Waals surface area contributed by atoms with Crippen LogP contribution >= 0.6 is 59.1 Å². The van der Waals surface area contributed by atoms with Crippen LogP contribution in [0.3, 0.4) is 0 Å². The second kappa shape index (κ2) is 6.41. The van der Waals surface area contributed by atoms with Gasteiger partial charge in [0.15, 0.2) is 0 Å². The van der Waals surface area contributed by atoms with Gasteiger partial charge in [0.2, 0.25) is 0 Å². The van der Waals surface area contributed by atoms with Crippen molar-refractivity contribution in [3.8, 4) is 5.75 Å². The molecule has 1 nitrogen and oxygen atoms in total. The fourth-order valence-corrected chi connectivity index (χ4v) is 5.23. The van der Waals surface area contributed by atoms with Crippen molar-refractivity contribution in [3.05, 3.63) is 61.2 Å². The molecule has 0 fully saturated rings. The van der Waals surface area contributed by atoms with Crippen LogP contribution in [0.4, 0.5) is 0 Å². The van der Waals surface area contributed by atoms with Gasteiger partial charge < -0.3 is 4.74 Å². The first kappa shape index (κ1) is 15.5. The highest BCUT2D eigenvalue weighted by Crippen LogP contribution is 2.44. The van der Waals surface area contributed by atoms with E-state index in [1.807, 2.05) is 12.1 Å². The molecule has 0 aliphatic carbocycles. The fraction of sp³-hybridized carbons (Fsp3) is 0.125. The van der Waals surface area contributed by atoms with E-state index in [9.17, 15) is 0 Å². The quantitative estimate of drug-likeness (QED) is 0.362. The van der Waals surface area contributed by atoms with Crippen LogP contribution in [-0.4, -0.2) is 7.11 Å². The molecular formula is C16H11Br3OS. The molecule has 3 aromatic rings. The molecule has 108 valence electrons. The summed E-state index contributed by atoms with van der Waals surface area (Å²) in [6, 6.07) is 14.6. The molecule has 1 atom stereocenters. The van der Waals surface area contributed by atoms with Gasteiger partial charge in [0, 0.05) is 14.7 Å². The third-order valence-electron chi connectivity index (χ3n) is 3.32. The van der Waals surface area contributed by atoms with Gasteiger partial charge in [-0.1, -0.05) is 46.3 Å². The van der Waals surface area contributed by atoms with Crippen molar-refractivity contribution in [2.24, 2.45) is 0 Å². The number of ether oxygens (including phenoxy) is 1. The Morgan fingerprint density at radius 1 is 1.05 bits per heavy atom. The van der Waals surface area contributed by atoms with E-state index in [1.165, 1.54) is 15.8 Å². The molecule has 0 amide bonds. The molecule has 1 heterocycles. The zero-order valence-electron chi connectivity index (χ0n) is 11.1. The number of hydrogen-bond acceptors (Lipinski definition) is 2. The van der Waals surface area contributed by atoms with Crippen LogP contribution in [0.25, 0.3) is 10.8 Å². The van der Waals surface area contributed by atoms with Crippen molar-refractivity contribution in [3.63, 3.8) is 0 Å². The average molecular weight is 491 g/mol. The Kier molecular flexibility index (Phi) is 4.74. The molecule has 0 aliphatic heterocycles. The first-order chi connectivity index (χ1) is 10.1. The summed E-state index contributed by atoms with van der Waals surface area (Å²) in [4.78, 5) is 1.41. The number of alkyl halides is 1. The molecular weight excluding hydrogens is 480 g/mol. The highest BCUT2D eigenvalue weighted by Gasteiger charge is 2.18. The maximum Gasteiger partial charge on any atom is 0.126 e. The molecule has 2 aromatic carbocycles. The van der Waals surface area contributed by atoms with Crippen molar-refractivity contribution < 1.29 is 4.74 Å². The van der Waals surface area contributed by atoms with Gasteiger partial charge in [-0.25, -0.2) is 0 Å². The second-order valence-electron chi connectivity index (χ2n) is 4.54. The summed E-state index contributed by atoms with van der Waals surface area (Å²) < 4.78 is 7.66. The highest BCUT2D eigenvalue weighted by atomic mass is 79.9. The van der Waals surface area contributed by atoms with E-state index in [2.05, 4.69) is 78.1 Å². The summed E-state index contributed by atoms with van der Waals surface area (Å²) in [5, 5.41) is 2.34. The lowest BCUT2D eigenvalue weighted by Crippen LogP contribution is -1.93. The molecule has 1 unspecified atom stereocenters.